The number of nitrogens with one attached hydrogen (secondary N) is 1. The summed E-state index contributed by atoms with van der Waals surface area (Å²) in [5.74, 6) is -11.3. The molecule has 11 heteroatoms. The Morgan fingerprint density at radius 2 is 1.57 bits per heavy atom. The van der Waals surface area contributed by atoms with Gasteiger partial charge in [-0.05, 0) is 12.1 Å². The molecule has 2 aromatic rings. The van der Waals surface area contributed by atoms with E-state index in [1.54, 1.807) is 0 Å². The van der Waals surface area contributed by atoms with Gasteiger partial charge in [0, 0.05) is 25.0 Å². The van der Waals surface area contributed by atoms with E-state index >= 15 is 0 Å². The number of nitrogens with zero attached hydrogens (tertiary/aromatic N) is 2. The lowest BCUT2D eigenvalue weighted by Gasteiger charge is -2.24. The van der Waals surface area contributed by atoms with Gasteiger partial charge in [0.05, 0.1) is 5.69 Å². The van der Waals surface area contributed by atoms with Crippen molar-refractivity contribution in [3.63, 3.8) is 0 Å². The molecule has 146 valence electrons. The highest BCUT2D eigenvalue weighted by atomic mass is 19.2. The van der Waals surface area contributed by atoms with E-state index in [0.717, 1.165) is 12.1 Å². The Morgan fingerprint density at radius 3 is 2.18 bits per heavy atom. The van der Waals surface area contributed by atoms with Crippen molar-refractivity contribution in [1.29, 1.82) is 0 Å². The number of benzene rings is 2. The Hall–Kier alpha value is -3.37. The van der Waals surface area contributed by atoms with E-state index in [1.165, 1.54) is 0 Å². The fourth-order valence-electron chi connectivity index (χ4n) is 2.42. The van der Waals surface area contributed by atoms with Gasteiger partial charge in [-0.2, -0.15) is 10.1 Å². The zero-order chi connectivity index (χ0) is 20.6. The van der Waals surface area contributed by atoms with Crippen LogP contribution in [0.5, 0.6) is 0 Å². The molecule has 1 aliphatic rings. The first kappa shape index (κ1) is 19.4. The monoisotopic (exact) mass is 401 g/mol. The second-order valence-electron chi connectivity index (χ2n) is 5.65. The third-order valence-corrected chi connectivity index (χ3v) is 3.77. The second-order valence-corrected chi connectivity index (χ2v) is 5.65. The molecule has 0 radical (unpaired) electrons. The maximum absolute atomic E-state index is 13.9. The number of rotatable bonds is 3. The van der Waals surface area contributed by atoms with Crippen molar-refractivity contribution in [2.24, 2.45) is 5.10 Å². The quantitative estimate of drug-likeness (QED) is 0.631. The molecule has 0 saturated carbocycles. The highest BCUT2D eigenvalue weighted by Crippen LogP contribution is 2.30. The van der Waals surface area contributed by atoms with Gasteiger partial charge in [-0.15, -0.1) is 0 Å². The van der Waals surface area contributed by atoms with Gasteiger partial charge in [0.1, 0.15) is 23.0 Å². The molecule has 0 saturated heterocycles. The largest absolute Gasteiger partial charge is 0.318 e. The predicted molar refractivity (Wildman–Crippen MR) is 85.4 cm³/mol. The van der Waals surface area contributed by atoms with Crippen LogP contribution in [0.15, 0.2) is 29.4 Å². The van der Waals surface area contributed by atoms with Gasteiger partial charge in [-0.1, -0.05) is 0 Å². The lowest BCUT2D eigenvalue weighted by Crippen LogP contribution is -2.37. The molecule has 1 N–H and O–H groups in total. The third-order valence-electron chi connectivity index (χ3n) is 3.77. The van der Waals surface area contributed by atoms with Crippen LogP contribution in [0.25, 0.3) is 0 Å². The molecule has 0 aliphatic carbocycles. The number of hydrogen-bond donors (Lipinski definition) is 1. The summed E-state index contributed by atoms with van der Waals surface area (Å²) < 4.78 is 81.2. The van der Waals surface area contributed by atoms with Crippen LogP contribution in [0.3, 0.4) is 0 Å². The van der Waals surface area contributed by atoms with Crippen molar-refractivity contribution in [2.75, 3.05) is 10.3 Å². The zero-order valence-corrected chi connectivity index (χ0v) is 13.7. The van der Waals surface area contributed by atoms with Crippen molar-refractivity contribution in [2.45, 2.75) is 12.8 Å². The van der Waals surface area contributed by atoms with Crippen LogP contribution in [-0.4, -0.2) is 17.5 Å². The Bertz CT molecular complexity index is 998. The smallest absolute Gasteiger partial charge is 0.271 e. The lowest BCUT2D eigenvalue weighted by molar-refractivity contribution is -0.118. The summed E-state index contributed by atoms with van der Waals surface area (Å²) in [6.07, 6.45) is -0.750. The molecule has 0 bridgehead atoms. The molecule has 5 nitrogen and oxygen atoms in total. The summed E-state index contributed by atoms with van der Waals surface area (Å²) in [6, 6.07) is 2.26. The highest BCUT2D eigenvalue weighted by molar-refractivity contribution is 6.44. The number of halogens is 6. The lowest BCUT2D eigenvalue weighted by atomic mass is 10.1. The van der Waals surface area contributed by atoms with Crippen LogP contribution in [-0.2, 0) is 9.59 Å². The molecule has 0 spiro atoms. The van der Waals surface area contributed by atoms with E-state index in [9.17, 15) is 35.9 Å². The summed E-state index contributed by atoms with van der Waals surface area (Å²) in [5, 5.41) is 5.56. The van der Waals surface area contributed by atoms with Crippen molar-refractivity contribution in [1.82, 2.24) is 0 Å². The van der Waals surface area contributed by atoms with Crippen LogP contribution in [0.2, 0.25) is 0 Å². The standard InChI is InChI=1S/C17H9F6N3O2/c18-7-1-2-11(8(19)5-7)24-17(28)12-3-4-13(27)26(25-12)16-14(22)9(20)6-10(21)15(16)23/h1-2,5-6H,3-4H2,(H,24,28). The summed E-state index contributed by atoms with van der Waals surface area (Å²) in [5.41, 5.74) is -2.29. The average Bonchev–Trinajstić information content (AvgIpc) is 2.64. The normalized spacial score (nSPS) is 14.1. The summed E-state index contributed by atoms with van der Waals surface area (Å²) in [4.78, 5) is 24.2. The summed E-state index contributed by atoms with van der Waals surface area (Å²) in [7, 11) is 0. The highest BCUT2D eigenvalue weighted by Gasteiger charge is 2.32. The Kier molecular flexibility index (Phi) is 5.08. The molecule has 2 aromatic carbocycles. The average molecular weight is 401 g/mol. The van der Waals surface area contributed by atoms with Crippen molar-refractivity contribution in [3.8, 4) is 0 Å². The Labute approximate surface area is 153 Å². The van der Waals surface area contributed by atoms with Crippen molar-refractivity contribution in [3.05, 3.63) is 59.2 Å². The topological polar surface area (TPSA) is 61.8 Å². The molecule has 3 rings (SSSR count). The van der Waals surface area contributed by atoms with Crippen molar-refractivity contribution < 1.29 is 35.9 Å². The number of hydrazone groups is 1. The van der Waals surface area contributed by atoms with Crippen LogP contribution in [0, 0.1) is 34.9 Å². The fourth-order valence-corrected chi connectivity index (χ4v) is 2.42. The Balaban J connectivity index is 1.96. The zero-order valence-electron chi connectivity index (χ0n) is 13.7. The molecule has 0 unspecified atom stereocenters. The van der Waals surface area contributed by atoms with E-state index in [-0.39, 0.29) is 17.5 Å². The number of anilines is 2. The summed E-state index contributed by atoms with van der Waals surface area (Å²) >= 11 is 0. The molecule has 0 atom stereocenters. The molecule has 2 amide bonds. The fraction of sp³-hybridized carbons (Fsp3) is 0.118. The first-order chi connectivity index (χ1) is 13.2. The van der Waals surface area contributed by atoms with Crippen LogP contribution in [0.4, 0.5) is 37.7 Å². The van der Waals surface area contributed by atoms with Crippen LogP contribution in [0.1, 0.15) is 12.8 Å². The third kappa shape index (κ3) is 3.55. The minimum atomic E-state index is -1.87. The Morgan fingerprint density at radius 1 is 0.929 bits per heavy atom. The minimum Gasteiger partial charge on any atom is -0.318 e. The molecule has 28 heavy (non-hydrogen) atoms. The van der Waals surface area contributed by atoms with E-state index in [0.29, 0.717) is 6.07 Å². The maximum Gasteiger partial charge on any atom is 0.271 e. The first-order valence-electron chi connectivity index (χ1n) is 7.69. The number of carbonyl (C=O) groups excluding carboxylic acids is 2. The number of amides is 2. The molecular formula is C17H9F6N3O2. The minimum absolute atomic E-state index is 0.0380. The van der Waals surface area contributed by atoms with Gasteiger partial charge in [0.15, 0.2) is 23.3 Å². The number of hydrogen-bond acceptors (Lipinski definition) is 3. The van der Waals surface area contributed by atoms with Crippen LogP contribution < -0.4 is 10.3 Å². The number of carbonyl (C=O) groups is 2. The molecule has 0 aromatic heterocycles. The summed E-state index contributed by atoms with van der Waals surface area (Å²) in [6.45, 7) is 0. The van der Waals surface area contributed by atoms with Crippen LogP contribution >= 0.6 is 0 Å². The van der Waals surface area contributed by atoms with E-state index < -0.39 is 70.2 Å². The van der Waals surface area contributed by atoms with Gasteiger partial charge in [0.2, 0.25) is 5.91 Å². The van der Waals surface area contributed by atoms with E-state index in [4.69, 9.17) is 0 Å². The van der Waals surface area contributed by atoms with Gasteiger partial charge in [-0.3, -0.25) is 9.59 Å². The second kappa shape index (κ2) is 7.33. The van der Waals surface area contributed by atoms with Gasteiger partial charge in [-0.25, -0.2) is 26.3 Å². The van der Waals surface area contributed by atoms with E-state index in [1.807, 2.05) is 0 Å². The molecular weight excluding hydrogens is 392 g/mol. The SMILES string of the molecule is O=C(Nc1ccc(F)cc1F)C1=NN(c2c(F)c(F)cc(F)c2F)C(=O)CC1. The molecule has 0 fully saturated rings. The van der Waals surface area contributed by atoms with E-state index in [2.05, 4.69) is 10.4 Å². The molecule has 1 aliphatic heterocycles. The van der Waals surface area contributed by atoms with Gasteiger partial charge >= 0.3 is 0 Å². The maximum atomic E-state index is 13.9. The van der Waals surface area contributed by atoms with Gasteiger partial charge < -0.3 is 5.32 Å². The predicted octanol–water partition coefficient (Wildman–Crippen LogP) is 3.64. The van der Waals surface area contributed by atoms with Gasteiger partial charge in [0.25, 0.3) is 5.91 Å². The van der Waals surface area contributed by atoms with Crippen molar-refractivity contribution >= 4 is 28.9 Å². The molecule has 1 heterocycles. The first-order valence-corrected chi connectivity index (χ1v) is 7.69.